The van der Waals surface area contributed by atoms with E-state index in [1.54, 1.807) is 6.92 Å². The average Bonchev–Trinajstić information content (AvgIpc) is 2.12. The molecular weight excluding hydrogens is 160 g/mol. The predicted molar refractivity (Wildman–Crippen MR) is 57.7 cm³/mol. The Morgan fingerprint density at radius 3 is 1.62 bits per heavy atom. The second-order valence-corrected chi connectivity index (χ2v) is 3.57. The lowest BCUT2D eigenvalue weighted by atomic mass is 9.97. The van der Waals surface area contributed by atoms with Crippen LogP contribution in [0.3, 0.4) is 0 Å². The van der Waals surface area contributed by atoms with Gasteiger partial charge in [0.1, 0.15) is 0 Å². The van der Waals surface area contributed by atoms with Crippen LogP contribution < -0.4 is 0 Å². The van der Waals surface area contributed by atoms with E-state index in [4.69, 9.17) is 0 Å². The zero-order chi connectivity index (χ0) is 10.6. The Hall–Kier alpha value is -0.850. The van der Waals surface area contributed by atoms with Crippen molar-refractivity contribution in [1.82, 2.24) is 0 Å². The molecule has 0 spiro atoms. The van der Waals surface area contributed by atoms with Crippen molar-refractivity contribution in [2.45, 2.75) is 48.0 Å². The summed E-state index contributed by atoms with van der Waals surface area (Å²) in [5, 5.41) is 0. The zero-order valence-electron chi connectivity index (χ0n) is 9.62. The van der Waals surface area contributed by atoms with Gasteiger partial charge in [0.05, 0.1) is 0 Å². The molecule has 13 heavy (non-hydrogen) atoms. The van der Waals surface area contributed by atoms with E-state index in [1.165, 1.54) is 11.1 Å². The summed E-state index contributed by atoms with van der Waals surface area (Å²) in [7, 11) is 0. The highest BCUT2D eigenvalue weighted by molar-refractivity contribution is 5.94. The van der Waals surface area contributed by atoms with Gasteiger partial charge in [-0.15, -0.1) is 0 Å². The maximum Gasteiger partial charge on any atom is 0.155 e. The summed E-state index contributed by atoms with van der Waals surface area (Å²) < 4.78 is 0. The highest BCUT2D eigenvalue weighted by Gasteiger charge is 2.05. The molecule has 0 aliphatic heterocycles. The minimum absolute atomic E-state index is 0.167. The molecule has 0 bridgehead atoms. The topological polar surface area (TPSA) is 17.1 Å². The lowest BCUT2D eigenvalue weighted by Gasteiger charge is -2.09. The molecule has 0 rings (SSSR count). The van der Waals surface area contributed by atoms with E-state index >= 15 is 0 Å². The van der Waals surface area contributed by atoms with Gasteiger partial charge in [0, 0.05) is 0 Å². The molecule has 0 unspecified atom stereocenters. The maximum atomic E-state index is 11.1. The van der Waals surface area contributed by atoms with Crippen molar-refractivity contribution >= 4 is 5.78 Å². The Morgan fingerprint density at radius 1 is 0.846 bits per heavy atom. The summed E-state index contributed by atoms with van der Waals surface area (Å²) in [6, 6.07) is 0. The van der Waals surface area contributed by atoms with Gasteiger partial charge in [0.25, 0.3) is 0 Å². The van der Waals surface area contributed by atoms with Crippen LogP contribution in [-0.2, 0) is 4.79 Å². The molecule has 0 radical (unpaired) electrons. The van der Waals surface area contributed by atoms with Crippen LogP contribution in [0.5, 0.6) is 0 Å². The highest BCUT2D eigenvalue weighted by atomic mass is 16.1. The fourth-order valence-electron chi connectivity index (χ4n) is 1.13. The van der Waals surface area contributed by atoms with Crippen molar-refractivity contribution in [2.24, 2.45) is 0 Å². The fraction of sp³-hybridized carbons (Fsp3) is 0.583. The molecule has 0 aliphatic rings. The second-order valence-electron chi connectivity index (χ2n) is 3.57. The van der Waals surface area contributed by atoms with E-state index in [0.29, 0.717) is 0 Å². The standard InChI is InChI=1S/C12H20O/c1-7-8(2)9(3)10(4)11(5)12(6)13/h7H2,1-6H3. The first-order valence-corrected chi connectivity index (χ1v) is 4.76. The fourth-order valence-corrected chi connectivity index (χ4v) is 1.13. The number of Topliss-reactive ketones (excluding diaryl/α,β-unsaturated/α-hetero) is 1. The summed E-state index contributed by atoms with van der Waals surface area (Å²) in [5.74, 6) is 0.167. The van der Waals surface area contributed by atoms with Crippen LogP contribution in [0.15, 0.2) is 22.3 Å². The third-order valence-corrected chi connectivity index (χ3v) is 2.82. The van der Waals surface area contributed by atoms with Crippen LogP contribution in [-0.4, -0.2) is 5.78 Å². The van der Waals surface area contributed by atoms with Crippen molar-refractivity contribution in [2.75, 3.05) is 0 Å². The number of carbonyl (C=O) groups is 1. The van der Waals surface area contributed by atoms with Gasteiger partial charge in [-0.1, -0.05) is 12.5 Å². The first-order valence-electron chi connectivity index (χ1n) is 4.76. The lowest BCUT2D eigenvalue weighted by Crippen LogP contribution is -1.98. The van der Waals surface area contributed by atoms with Gasteiger partial charge in [-0.3, -0.25) is 4.79 Å². The third kappa shape index (κ3) is 3.17. The molecular formula is C12H20O. The number of carbonyl (C=O) groups excluding carboxylic acids is 1. The summed E-state index contributed by atoms with van der Waals surface area (Å²) in [6.07, 6.45) is 1.05. The summed E-state index contributed by atoms with van der Waals surface area (Å²) in [4.78, 5) is 11.1. The summed E-state index contributed by atoms with van der Waals surface area (Å²) in [6.45, 7) is 11.9. The molecule has 0 amide bonds. The molecule has 0 heterocycles. The van der Waals surface area contributed by atoms with Gasteiger partial charge in [-0.2, -0.15) is 0 Å². The minimum atomic E-state index is 0.167. The average molecular weight is 180 g/mol. The first-order chi connectivity index (χ1) is 5.91. The number of hydrogen-bond acceptors (Lipinski definition) is 1. The molecule has 1 nitrogen and oxygen atoms in total. The molecule has 0 saturated heterocycles. The number of allylic oxidation sites excluding steroid dienone is 4. The van der Waals surface area contributed by atoms with Crippen LogP contribution in [0.25, 0.3) is 0 Å². The number of rotatable bonds is 3. The molecule has 0 fully saturated rings. The molecule has 0 aromatic rings. The minimum Gasteiger partial charge on any atom is -0.295 e. The van der Waals surface area contributed by atoms with Gasteiger partial charge < -0.3 is 0 Å². The Bertz CT molecular complexity index is 267. The molecule has 1 heteroatoms. The van der Waals surface area contributed by atoms with Crippen LogP contribution in [0.4, 0.5) is 0 Å². The van der Waals surface area contributed by atoms with Crippen molar-refractivity contribution in [3.05, 3.63) is 22.3 Å². The van der Waals surface area contributed by atoms with Gasteiger partial charge in [-0.25, -0.2) is 0 Å². The molecule has 0 atom stereocenters. The largest absolute Gasteiger partial charge is 0.295 e. The van der Waals surface area contributed by atoms with Gasteiger partial charge in [0.2, 0.25) is 0 Å². The van der Waals surface area contributed by atoms with Crippen molar-refractivity contribution in [3.8, 4) is 0 Å². The van der Waals surface area contributed by atoms with Crippen molar-refractivity contribution in [3.63, 3.8) is 0 Å². The van der Waals surface area contributed by atoms with Crippen LogP contribution in [0, 0.1) is 0 Å². The van der Waals surface area contributed by atoms with Gasteiger partial charge in [-0.05, 0) is 57.8 Å². The number of hydrogen-bond donors (Lipinski definition) is 0. The molecule has 0 aromatic carbocycles. The molecule has 0 N–H and O–H groups in total. The molecule has 0 saturated carbocycles. The SMILES string of the molecule is CCC(C)=C(C)C(C)=C(C)C(C)=O. The quantitative estimate of drug-likeness (QED) is 0.478. The monoisotopic (exact) mass is 180 g/mol. The Labute approximate surface area is 81.5 Å². The first kappa shape index (κ1) is 12.2. The van der Waals surface area contributed by atoms with Crippen molar-refractivity contribution in [1.29, 1.82) is 0 Å². The molecule has 0 aromatic heterocycles. The molecule has 0 aliphatic carbocycles. The van der Waals surface area contributed by atoms with E-state index in [0.717, 1.165) is 17.6 Å². The smallest absolute Gasteiger partial charge is 0.155 e. The summed E-state index contributed by atoms with van der Waals surface area (Å²) in [5.41, 5.74) is 4.63. The summed E-state index contributed by atoms with van der Waals surface area (Å²) >= 11 is 0. The van der Waals surface area contributed by atoms with E-state index in [2.05, 4.69) is 20.8 Å². The lowest BCUT2D eigenvalue weighted by molar-refractivity contribution is -0.113. The predicted octanol–water partition coefficient (Wildman–Crippen LogP) is 3.66. The van der Waals surface area contributed by atoms with Crippen molar-refractivity contribution < 1.29 is 4.79 Å². The van der Waals surface area contributed by atoms with Crippen LogP contribution in [0.2, 0.25) is 0 Å². The maximum absolute atomic E-state index is 11.1. The van der Waals surface area contributed by atoms with E-state index in [9.17, 15) is 4.79 Å². The van der Waals surface area contributed by atoms with E-state index in [-0.39, 0.29) is 5.78 Å². The Kier molecular flexibility index (Phi) is 4.68. The zero-order valence-corrected chi connectivity index (χ0v) is 9.62. The highest BCUT2D eigenvalue weighted by Crippen LogP contribution is 2.19. The van der Waals surface area contributed by atoms with E-state index < -0.39 is 0 Å². The Balaban J connectivity index is 5.10. The second kappa shape index (κ2) is 5.00. The third-order valence-electron chi connectivity index (χ3n) is 2.82. The molecule has 74 valence electrons. The van der Waals surface area contributed by atoms with Gasteiger partial charge >= 0.3 is 0 Å². The number of ketones is 1. The normalized spacial score (nSPS) is 14.9. The van der Waals surface area contributed by atoms with Gasteiger partial charge in [0.15, 0.2) is 5.78 Å². The Morgan fingerprint density at radius 2 is 1.31 bits per heavy atom. The van der Waals surface area contributed by atoms with Crippen LogP contribution in [0.1, 0.15) is 48.0 Å². The van der Waals surface area contributed by atoms with Crippen LogP contribution >= 0.6 is 0 Å². The van der Waals surface area contributed by atoms with E-state index in [1.807, 2.05) is 13.8 Å².